The Bertz CT molecular complexity index is 714. The highest BCUT2D eigenvalue weighted by Gasteiger charge is 2.17. The summed E-state index contributed by atoms with van der Waals surface area (Å²) in [6.07, 6.45) is 1.02. The molecule has 6 heteroatoms. The summed E-state index contributed by atoms with van der Waals surface area (Å²) in [7, 11) is 0. The summed E-state index contributed by atoms with van der Waals surface area (Å²) in [4.78, 5) is 26.3. The van der Waals surface area contributed by atoms with Gasteiger partial charge in [-0.1, -0.05) is 30.7 Å². The first kappa shape index (κ1) is 18.8. The van der Waals surface area contributed by atoms with Crippen molar-refractivity contribution in [2.24, 2.45) is 0 Å². The number of anilines is 2. The maximum atomic E-state index is 12.5. The summed E-state index contributed by atoms with van der Waals surface area (Å²) in [6.45, 7) is 2.52. The molecule has 0 radical (unpaired) electrons. The number of nitrogens with one attached hydrogen (secondary N) is 1. The lowest BCUT2D eigenvalue weighted by molar-refractivity contribution is -0.134. The predicted molar refractivity (Wildman–Crippen MR) is 102 cm³/mol. The summed E-state index contributed by atoms with van der Waals surface area (Å²) in [5.41, 5.74) is 7.84. The Balaban J connectivity index is 1.96. The fourth-order valence-electron chi connectivity index (χ4n) is 2.39. The molecule has 0 unspecified atom stereocenters. The quantitative estimate of drug-likeness (QED) is 0.744. The number of hydrogen-bond acceptors (Lipinski definition) is 3. The smallest absolute Gasteiger partial charge is 0.243 e. The van der Waals surface area contributed by atoms with Crippen molar-refractivity contribution >= 4 is 34.8 Å². The van der Waals surface area contributed by atoms with Crippen LogP contribution >= 0.6 is 11.6 Å². The van der Waals surface area contributed by atoms with Crippen LogP contribution in [-0.4, -0.2) is 29.8 Å². The standard InChI is InChI=1S/C19H22ClN3O2/c1-2-11-23(19(25)12-14-3-7-16(21)8-4-14)13-18(24)22-17-9-5-15(20)6-10-17/h3-10H,2,11-13,21H2,1H3,(H,22,24). The van der Waals surface area contributed by atoms with Gasteiger partial charge in [-0.15, -0.1) is 0 Å². The van der Waals surface area contributed by atoms with E-state index in [0.29, 0.717) is 22.9 Å². The highest BCUT2D eigenvalue weighted by Crippen LogP contribution is 2.13. The van der Waals surface area contributed by atoms with Gasteiger partial charge >= 0.3 is 0 Å². The Morgan fingerprint density at radius 3 is 2.32 bits per heavy atom. The first-order valence-corrected chi connectivity index (χ1v) is 8.53. The molecule has 2 aromatic rings. The zero-order chi connectivity index (χ0) is 18.2. The molecule has 0 aliphatic rings. The summed E-state index contributed by atoms with van der Waals surface area (Å²) < 4.78 is 0. The van der Waals surface area contributed by atoms with Gasteiger partial charge in [-0.2, -0.15) is 0 Å². The molecule has 2 rings (SSSR count). The van der Waals surface area contributed by atoms with Crippen LogP contribution in [0.2, 0.25) is 5.02 Å². The molecule has 0 aromatic heterocycles. The van der Waals surface area contributed by atoms with Crippen molar-refractivity contribution in [3.8, 4) is 0 Å². The Morgan fingerprint density at radius 1 is 1.08 bits per heavy atom. The minimum Gasteiger partial charge on any atom is -0.399 e. The molecule has 0 heterocycles. The Morgan fingerprint density at radius 2 is 1.72 bits per heavy atom. The van der Waals surface area contributed by atoms with Gasteiger partial charge in [-0.05, 0) is 48.4 Å². The highest BCUT2D eigenvalue weighted by molar-refractivity contribution is 6.30. The third-order valence-electron chi connectivity index (χ3n) is 3.64. The van der Waals surface area contributed by atoms with E-state index < -0.39 is 0 Å². The maximum Gasteiger partial charge on any atom is 0.243 e. The van der Waals surface area contributed by atoms with Crippen LogP contribution in [0.3, 0.4) is 0 Å². The Labute approximate surface area is 152 Å². The third-order valence-corrected chi connectivity index (χ3v) is 3.90. The molecule has 0 atom stereocenters. The van der Waals surface area contributed by atoms with Crippen LogP contribution < -0.4 is 11.1 Å². The van der Waals surface area contributed by atoms with Crippen LogP contribution in [-0.2, 0) is 16.0 Å². The highest BCUT2D eigenvalue weighted by atomic mass is 35.5. The van der Waals surface area contributed by atoms with Gasteiger partial charge < -0.3 is 16.0 Å². The van der Waals surface area contributed by atoms with E-state index in [2.05, 4.69) is 5.32 Å². The van der Waals surface area contributed by atoms with Crippen molar-refractivity contribution in [1.29, 1.82) is 0 Å². The number of nitrogen functional groups attached to an aromatic ring is 1. The van der Waals surface area contributed by atoms with E-state index >= 15 is 0 Å². The van der Waals surface area contributed by atoms with Gasteiger partial charge in [0.15, 0.2) is 0 Å². The van der Waals surface area contributed by atoms with E-state index in [1.165, 1.54) is 0 Å². The van der Waals surface area contributed by atoms with Crippen molar-refractivity contribution in [1.82, 2.24) is 4.90 Å². The molecule has 0 bridgehead atoms. The van der Waals surface area contributed by atoms with Crippen LogP contribution in [0.15, 0.2) is 48.5 Å². The minimum atomic E-state index is -0.235. The lowest BCUT2D eigenvalue weighted by Gasteiger charge is -2.22. The number of nitrogens with two attached hydrogens (primary N) is 1. The SMILES string of the molecule is CCCN(CC(=O)Nc1ccc(Cl)cc1)C(=O)Cc1ccc(N)cc1. The van der Waals surface area contributed by atoms with Gasteiger partial charge in [-0.25, -0.2) is 0 Å². The molecule has 25 heavy (non-hydrogen) atoms. The lowest BCUT2D eigenvalue weighted by atomic mass is 10.1. The average Bonchev–Trinajstić information content (AvgIpc) is 2.58. The Hall–Kier alpha value is -2.53. The number of rotatable bonds is 7. The number of amides is 2. The zero-order valence-corrected chi connectivity index (χ0v) is 14.9. The first-order chi connectivity index (χ1) is 12.0. The Kier molecular flexibility index (Phi) is 6.83. The topological polar surface area (TPSA) is 75.4 Å². The maximum absolute atomic E-state index is 12.5. The fraction of sp³-hybridized carbons (Fsp3) is 0.263. The van der Waals surface area contributed by atoms with Crippen LogP contribution in [0.4, 0.5) is 11.4 Å². The molecule has 0 saturated heterocycles. The van der Waals surface area contributed by atoms with Gasteiger partial charge in [0.25, 0.3) is 0 Å². The molecule has 2 amide bonds. The van der Waals surface area contributed by atoms with E-state index in [1.54, 1.807) is 41.3 Å². The molecular formula is C19H22ClN3O2. The second-order valence-electron chi connectivity index (χ2n) is 5.79. The third kappa shape index (κ3) is 6.12. The van der Waals surface area contributed by atoms with Crippen molar-refractivity contribution in [3.05, 3.63) is 59.1 Å². The monoisotopic (exact) mass is 359 g/mol. The van der Waals surface area contributed by atoms with Crippen molar-refractivity contribution in [2.75, 3.05) is 24.1 Å². The van der Waals surface area contributed by atoms with Crippen LogP contribution in [0.1, 0.15) is 18.9 Å². The second-order valence-corrected chi connectivity index (χ2v) is 6.23. The van der Waals surface area contributed by atoms with Crippen LogP contribution in [0.5, 0.6) is 0 Å². The van der Waals surface area contributed by atoms with E-state index in [4.69, 9.17) is 17.3 Å². The number of nitrogens with zero attached hydrogens (tertiary/aromatic N) is 1. The minimum absolute atomic E-state index is 0.0181. The van der Waals surface area contributed by atoms with Gasteiger partial charge in [0, 0.05) is 22.9 Å². The largest absolute Gasteiger partial charge is 0.399 e. The number of hydrogen-bond donors (Lipinski definition) is 2. The lowest BCUT2D eigenvalue weighted by Crippen LogP contribution is -2.39. The van der Waals surface area contributed by atoms with Crippen molar-refractivity contribution in [2.45, 2.75) is 19.8 Å². The number of halogens is 1. The van der Waals surface area contributed by atoms with E-state index in [1.807, 2.05) is 19.1 Å². The summed E-state index contributed by atoms with van der Waals surface area (Å²) in [5, 5.41) is 3.38. The predicted octanol–water partition coefficient (Wildman–Crippen LogP) is 3.34. The fourth-order valence-corrected chi connectivity index (χ4v) is 2.52. The van der Waals surface area contributed by atoms with Crippen LogP contribution in [0.25, 0.3) is 0 Å². The number of carbonyl (C=O) groups is 2. The van der Waals surface area contributed by atoms with Crippen molar-refractivity contribution < 1.29 is 9.59 Å². The second kappa shape index (κ2) is 9.08. The molecule has 0 saturated carbocycles. The molecule has 0 aliphatic heterocycles. The van der Waals surface area contributed by atoms with Crippen molar-refractivity contribution in [3.63, 3.8) is 0 Å². The molecule has 0 fully saturated rings. The summed E-state index contributed by atoms with van der Waals surface area (Å²) in [6, 6.07) is 14.0. The molecule has 5 nitrogen and oxygen atoms in total. The number of carbonyl (C=O) groups excluding carboxylic acids is 2. The molecule has 132 valence electrons. The molecule has 3 N–H and O–H groups in total. The van der Waals surface area contributed by atoms with Crippen LogP contribution in [0, 0.1) is 0 Å². The van der Waals surface area contributed by atoms with Gasteiger partial charge in [0.2, 0.25) is 11.8 Å². The van der Waals surface area contributed by atoms with Gasteiger partial charge in [0.1, 0.15) is 0 Å². The zero-order valence-electron chi connectivity index (χ0n) is 14.2. The van der Waals surface area contributed by atoms with Gasteiger partial charge in [-0.3, -0.25) is 9.59 Å². The number of benzene rings is 2. The molecule has 2 aromatic carbocycles. The molecular weight excluding hydrogens is 338 g/mol. The van der Waals surface area contributed by atoms with Gasteiger partial charge in [0.05, 0.1) is 13.0 Å². The average molecular weight is 360 g/mol. The van der Waals surface area contributed by atoms with E-state index in [9.17, 15) is 9.59 Å². The molecule has 0 spiro atoms. The van der Waals surface area contributed by atoms with E-state index in [-0.39, 0.29) is 24.8 Å². The normalized spacial score (nSPS) is 10.3. The molecule has 0 aliphatic carbocycles. The summed E-state index contributed by atoms with van der Waals surface area (Å²) >= 11 is 5.83. The summed E-state index contributed by atoms with van der Waals surface area (Å²) in [5.74, 6) is -0.320. The first-order valence-electron chi connectivity index (χ1n) is 8.15. The van der Waals surface area contributed by atoms with E-state index in [0.717, 1.165) is 12.0 Å².